The normalized spacial score (nSPS) is 11.5. The van der Waals surface area contributed by atoms with E-state index < -0.39 is 8.07 Å². The molecule has 0 saturated carbocycles. The maximum atomic E-state index is 5.56. The first-order valence-electron chi connectivity index (χ1n) is 9.50. The summed E-state index contributed by atoms with van der Waals surface area (Å²) >= 11 is 0. The zero-order valence-electron chi connectivity index (χ0n) is 18.2. The van der Waals surface area contributed by atoms with Crippen molar-refractivity contribution in [3.63, 3.8) is 0 Å². The standard InChI is InChI=1S/C23H32O2Si.K/c1-17(2)26(18(3)4,19(5)6)14-13-20-9-8-10-21-15-22(25-16-24-7)11-12-23(20)21;/h8-12,15,17-19H,16H2,1-7H3;. The van der Waals surface area contributed by atoms with Gasteiger partial charge in [0.2, 0.25) is 0 Å². The molecule has 0 aliphatic heterocycles. The zero-order chi connectivity index (χ0) is 19.3. The molecule has 0 spiro atoms. The van der Waals surface area contributed by atoms with Gasteiger partial charge in [-0.15, -0.1) is 5.54 Å². The predicted octanol–water partition coefficient (Wildman–Crippen LogP) is 6.01. The second kappa shape index (κ2) is 11.2. The summed E-state index contributed by atoms with van der Waals surface area (Å²) in [5.74, 6) is 4.40. The second-order valence-electron chi connectivity index (χ2n) is 7.89. The van der Waals surface area contributed by atoms with Gasteiger partial charge in [0.15, 0.2) is 6.79 Å². The number of ether oxygens (including phenoxy) is 2. The molecule has 0 heterocycles. The summed E-state index contributed by atoms with van der Waals surface area (Å²) in [6.45, 7) is 14.4. The Bertz CT molecular complexity index is 781. The van der Waals surface area contributed by atoms with Gasteiger partial charge in [-0.2, -0.15) is 0 Å². The molecule has 0 saturated heterocycles. The number of hydrogen-bond donors (Lipinski definition) is 0. The van der Waals surface area contributed by atoms with Gasteiger partial charge in [-0.05, 0) is 51.7 Å². The summed E-state index contributed by atoms with van der Waals surface area (Å²) in [7, 11) is -0.101. The second-order valence-corrected chi connectivity index (χ2v) is 13.5. The van der Waals surface area contributed by atoms with E-state index in [4.69, 9.17) is 9.47 Å². The van der Waals surface area contributed by atoms with Crippen molar-refractivity contribution in [1.82, 2.24) is 0 Å². The fourth-order valence-corrected chi connectivity index (χ4v) is 9.41. The van der Waals surface area contributed by atoms with Crippen LogP contribution in [0.3, 0.4) is 0 Å². The molecular weight excluding hydrogens is 375 g/mol. The molecule has 27 heavy (non-hydrogen) atoms. The van der Waals surface area contributed by atoms with Crippen molar-refractivity contribution < 1.29 is 9.47 Å². The van der Waals surface area contributed by atoms with Crippen molar-refractivity contribution in [3.05, 3.63) is 42.0 Å². The Morgan fingerprint density at radius 1 is 0.926 bits per heavy atom. The molecule has 0 atom stereocenters. The van der Waals surface area contributed by atoms with E-state index in [0.717, 1.165) is 16.7 Å². The quantitative estimate of drug-likeness (QED) is 0.331. The molecule has 0 amide bonds. The average Bonchev–Trinajstić information content (AvgIpc) is 2.59. The van der Waals surface area contributed by atoms with Gasteiger partial charge >= 0.3 is 0 Å². The van der Waals surface area contributed by atoms with Crippen LogP contribution in [0, 0.1) is 11.5 Å². The van der Waals surface area contributed by atoms with Crippen LogP contribution in [-0.4, -0.2) is 73.4 Å². The SMILES string of the molecule is COCOc1ccc2c(C#C[Si](C(C)C)(C(C)C)C(C)C)cccc2c1.[K]. The van der Waals surface area contributed by atoms with E-state index in [1.807, 2.05) is 6.07 Å². The number of hydrogen-bond acceptors (Lipinski definition) is 2. The molecule has 0 aromatic heterocycles. The topological polar surface area (TPSA) is 18.5 Å². The fraction of sp³-hybridized carbons (Fsp3) is 0.478. The Labute approximate surface area is 208 Å². The molecule has 2 aromatic carbocycles. The monoisotopic (exact) mass is 407 g/mol. The van der Waals surface area contributed by atoms with Crippen LogP contribution in [0.2, 0.25) is 16.6 Å². The molecule has 0 aliphatic carbocycles. The zero-order valence-corrected chi connectivity index (χ0v) is 22.3. The van der Waals surface area contributed by atoms with E-state index in [2.05, 4.69) is 83.3 Å². The third-order valence-electron chi connectivity index (χ3n) is 5.48. The molecule has 2 rings (SSSR count). The van der Waals surface area contributed by atoms with Crippen molar-refractivity contribution in [3.8, 4) is 17.2 Å². The van der Waals surface area contributed by atoms with Gasteiger partial charge < -0.3 is 9.47 Å². The summed E-state index contributed by atoms with van der Waals surface area (Å²) in [6.07, 6.45) is 0. The molecule has 0 aliphatic rings. The van der Waals surface area contributed by atoms with E-state index in [0.29, 0.717) is 16.6 Å². The maximum absolute atomic E-state index is 5.56. The molecule has 1 radical (unpaired) electrons. The number of rotatable bonds is 6. The van der Waals surface area contributed by atoms with Crippen LogP contribution in [0.25, 0.3) is 10.8 Å². The summed E-state index contributed by atoms with van der Waals surface area (Å²) in [5.41, 5.74) is 6.85. The molecule has 0 bridgehead atoms. The molecular formula is C23H32KO2Si. The van der Waals surface area contributed by atoms with E-state index in [-0.39, 0.29) is 58.2 Å². The molecule has 0 unspecified atom stereocenters. The first-order chi connectivity index (χ1) is 12.3. The van der Waals surface area contributed by atoms with Crippen molar-refractivity contribution in [1.29, 1.82) is 0 Å². The molecule has 2 aromatic rings. The molecule has 0 N–H and O–H groups in total. The minimum Gasteiger partial charge on any atom is -0.468 e. The third-order valence-corrected chi connectivity index (χ3v) is 11.8. The molecule has 4 heteroatoms. The number of benzene rings is 2. The first kappa shape index (κ1) is 24.9. The predicted molar refractivity (Wildman–Crippen MR) is 120 cm³/mol. The van der Waals surface area contributed by atoms with Crippen LogP contribution < -0.4 is 4.74 Å². The maximum Gasteiger partial charge on any atom is 0.188 e. The van der Waals surface area contributed by atoms with Gasteiger partial charge in [0, 0.05) is 64.1 Å². The minimum atomic E-state index is -1.73. The van der Waals surface area contributed by atoms with Gasteiger partial charge in [0.1, 0.15) is 13.8 Å². The Kier molecular flexibility index (Phi) is 10.3. The van der Waals surface area contributed by atoms with Crippen molar-refractivity contribution in [2.24, 2.45) is 0 Å². The first-order valence-corrected chi connectivity index (χ1v) is 11.7. The number of methoxy groups -OCH3 is 1. The Hall–Kier alpha value is -0.127. The van der Waals surface area contributed by atoms with Gasteiger partial charge in [-0.25, -0.2) is 0 Å². The van der Waals surface area contributed by atoms with Gasteiger partial charge in [-0.3, -0.25) is 0 Å². The fourth-order valence-electron chi connectivity index (χ4n) is 4.20. The summed E-state index contributed by atoms with van der Waals surface area (Å²) < 4.78 is 10.5. The Balaban J connectivity index is 0.00000364. The van der Waals surface area contributed by atoms with E-state index in [9.17, 15) is 0 Å². The van der Waals surface area contributed by atoms with Crippen LogP contribution in [0.5, 0.6) is 5.75 Å². The van der Waals surface area contributed by atoms with Crippen LogP contribution >= 0.6 is 0 Å². The molecule has 141 valence electrons. The van der Waals surface area contributed by atoms with E-state index in [1.165, 1.54) is 5.39 Å². The summed E-state index contributed by atoms with van der Waals surface area (Å²) in [6, 6.07) is 12.5. The largest absolute Gasteiger partial charge is 0.468 e. The van der Waals surface area contributed by atoms with Crippen LogP contribution in [0.1, 0.15) is 47.1 Å². The van der Waals surface area contributed by atoms with Crippen molar-refractivity contribution in [2.45, 2.75) is 58.2 Å². The molecule has 2 nitrogen and oxygen atoms in total. The van der Waals surface area contributed by atoms with Crippen LogP contribution in [0.4, 0.5) is 0 Å². The minimum absolute atomic E-state index is 0. The van der Waals surface area contributed by atoms with Crippen molar-refractivity contribution in [2.75, 3.05) is 13.9 Å². The van der Waals surface area contributed by atoms with Crippen molar-refractivity contribution >= 4 is 70.2 Å². The van der Waals surface area contributed by atoms with Gasteiger partial charge in [0.05, 0.1) is 0 Å². The van der Waals surface area contributed by atoms with Crippen LogP contribution in [-0.2, 0) is 4.74 Å². The summed E-state index contributed by atoms with van der Waals surface area (Å²) in [4.78, 5) is 0. The summed E-state index contributed by atoms with van der Waals surface area (Å²) in [5, 5.41) is 2.33. The average molecular weight is 408 g/mol. The Morgan fingerprint density at radius 2 is 1.56 bits per heavy atom. The Morgan fingerprint density at radius 3 is 2.11 bits per heavy atom. The number of fused-ring (bicyclic) bond motifs is 1. The third kappa shape index (κ3) is 5.70. The van der Waals surface area contributed by atoms with Gasteiger partial charge in [-0.1, -0.05) is 59.6 Å². The van der Waals surface area contributed by atoms with Gasteiger partial charge in [0.25, 0.3) is 0 Å². The molecule has 0 fully saturated rings. The van der Waals surface area contributed by atoms with E-state index in [1.54, 1.807) is 7.11 Å². The van der Waals surface area contributed by atoms with Crippen LogP contribution in [0.15, 0.2) is 36.4 Å². The smallest absolute Gasteiger partial charge is 0.188 e. The van der Waals surface area contributed by atoms with E-state index >= 15 is 0 Å².